The van der Waals surface area contributed by atoms with E-state index in [9.17, 15) is 14.4 Å². The van der Waals surface area contributed by atoms with Gasteiger partial charge in [-0.25, -0.2) is 20.0 Å². The molecule has 0 aromatic heterocycles. The van der Waals surface area contributed by atoms with Crippen molar-refractivity contribution in [2.45, 2.75) is 33.3 Å². The monoisotopic (exact) mass is 231 g/mol. The third kappa shape index (κ3) is 6.63. The molecule has 0 aliphatic rings. The highest BCUT2D eigenvalue weighted by Crippen LogP contribution is 2.06. The van der Waals surface area contributed by atoms with E-state index in [1.165, 1.54) is 14.0 Å². The topological polar surface area (TPSA) is 87.7 Å². The van der Waals surface area contributed by atoms with Crippen LogP contribution in [0.1, 0.15) is 27.7 Å². The lowest BCUT2D eigenvalue weighted by Crippen LogP contribution is -2.50. The largest absolute Gasteiger partial charge is 0.443 e. The molecule has 0 radical (unpaired) electrons. The molecule has 0 aliphatic heterocycles. The third-order valence-corrected chi connectivity index (χ3v) is 1.25. The summed E-state index contributed by atoms with van der Waals surface area (Å²) >= 11 is 0. The normalized spacial score (nSPS) is 10.3. The summed E-state index contributed by atoms with van der Waals surface area (Å²) in [6.07, 6.45) is -0.770. The Bertz CT molecular complexity index is 296. The standard InChI is InChI=1S/C9H17N3O4/c1-6(13)10-7(14)12(5)11-8(15)16-9(2,3)4/h1-5H3,(H,11,15)(H,10,13,14). The van der Waals surface area contributed by atoms with Gasteiger partial charge in [-0.3, -0.25) is 10.1 Å². The zero-order chi connectivity index (χ0) is 12.9. The van der Waals surface area contributed by atoms with Crippen LogP contribution in [0.3, 0.4) is 0 Å². The van der Waals surface area contributed by atoms with Crippen LogP contribution in [-0.4, -0.2) is 35.7 Å². The van der Waals surface area contributed by atoms with Crippen molar-refractivity contribution in [1.29, 1.82) is 0 Å². The van der Waals surface area contributed by atoms with Gasteiger partial charge in [-0.05, 0) is 20.8 Å². The van der Waals surface area contributed by atoms with Crippen LogP contribution in [0, 0.1) is 0 Å². The van der Waals surface area contributed by atoms with Crippen molar-refractivity contribution in [3.63, 3.8) is 0 Å². The molecule has 0 saturated heterocycles. The SMILES string of the molecule is CC(=O)NC(=O)N(C)NC(=O)OC(C)(C)C. The molecule has 0 heterocycles. The molecular weight excluding hydrogens is 214 g/mol. The lowest BCUT2D eigenvalue weighted by molar-refractivity contribution is -0.118. The number of rotatable bonds is 0. The van der Waals surface area contributed by atoms with Gasteiger partial charge in [0.25, 0.3) is 0 Å². The maximum atomic E-state index is 11.2. The Morgan fingerprint density at radius 2 is 1.69 bits per heavy atom. The average Bonchev–Trinajstić information content (AvgIpc) is 1.98. The summed E-state index contributed by atoms with van der Waals surface area (Å²) in [6, 6.07) is -0.738. The highest BCUT2D eigenvalue weighted by Gasteiger charge is 2.19. The minimum atomic E-state index is -0.770. The Hall–Kier alpha value is -1.79. The fraction of sp³-hybridized carbons (Fsp3) is 0.667. The van der Waals surface area contributed by atoms with Crippen molar-refractivity contribution >= 4 is 18.0 Å². The van der Waals surface area contributed by atoms with Gasteiger partial charge in [-0.2, -0.15) is 0 Å². The number of carbonyl (C=O) groups is 3. The lowest BCUT2D eigenvalue weighted by atomic mass is 10.2. The molecule has 0 spiro atoms. The number of amides is 4. The van der Waals surface area contributed by atoms with E-state index in [4.69, 9.17) is 4.74 Å². The zero-order valence-corrected chi connectivity index (χ0v) is 10.1. The molecule has 0 aliphatic carbocycles. The third-order valence-electron chi connectivity index (χ3n) is 1.25. The van der Waals surface area contributed by atoms with Crippen molar-refractivity contribution in [2.24, 2.45) is 0 Å². The quantitative estimate of drug-likeness (QED) is 0.598. The number of imide groups is 1. The number of hydrogen-bond donors (Lipinski definition) is 2. The molecule has 7 nitrogen and oxygen atoms in total. The van der Waals surface area contributed by atoms with Crippen LogP contribution in [0.15, 0.2) is 0 Å². The number of ether oxygens (including phenoxy) is 1. The minimum Gasteiger partial charge on any atom is -0.443 e. The molecule has 92 valence electrons. The van der Waals surface area contributed by atoms with E-state index in [-0.39, 0.29) is 0 Å². The average molecular weight is 231 g/mol. The van der Waals surface area contributed by atoms with Gasteiger partial charge < -0.3 is 4.74 Å². The van der Waals surface area contributed by atoms with Crippen LogP contribution in [-0.2, 0) is 9.53 Å². The van der Waals surface area contributed by atoms with Gasteiger partial charge in [-0.15, -0.1) is 0 Å². The number of hydrogen-bond acceptors (Lipinski definition) is 4. The first kappa shape index (κ1) is 14.2. The molecule has 0 rings (SSSR count). The van der Waals surface area contributed by atoms with E-state index in [1.807, 2.05) is 5.32 Å². The van der Waals surface area contributed by atoms with Gasteiger partial charge in [-0.1, -0.05) is 0 Å². The van der Waals surface area contributed by atoms with Crippen LogP contribution in [0.5, 0.6) is 0 Å². The molecule has 0 aromatic carbocycles. The molecule has 0 atom stereocenters. The van der Waals surface area contributed by atoms with Crippen molar-refractivity contribution in [1.82, 2.24) is 15.8 Å². The lowest BCUT2D eigenvalue weighted by Gasteiger charge is -2.23. The van der Waals surface area contributed by atoms with Crippen molar-refractivity contribution < 1.29 is 19.1 Å². The highest BCUT2D eigenvalue weighted by molar-refractivity contribution is 5.93. The van der Waals surface area contributed by atoms with E-state index in [0.717, 1.165) is 5.01 Å². The highest BCUT2D eigenvalue weighted by atomic mass is 16.6. The van der Waals surface area contributed by atoms with Gasteiger partial charge in [0.2, 0.25) is 5.91 Å². The van der Waals surface area contributed by atoms with Crippen molar-refractivity contribution in [3.05, 3.63) is 0 Å². The van der Waals surface area contributed by atoms with E-state index >= 15 is 0 Å². The zero-order valence-electron chi connectivity index (χ0n) is 10.1. The predicted octanol–water partition coefficient (Wildman–Crippen LogP) is 0.614. The smallest absolute Gasteiger partial charge is 0.426 e. The second kappa shape index (κ2) is 5.34. The number of nitrogens with zero attached hydrogens (tertiary/aromatic N) is 1. The summed E-state index contributed by atoms with van der Waals surface area (Å²) in [5.41, 5.74) is 1.50. The van der Waals surface area contributed by atoms with Crippen LogP contribution >= 0.6 is 0 Å². The molecule has 4 amide bonds. The molecule has 0 aromatic rings. The number of carbonyl (C=O) groups excluding carboxylic acids is 3. The molecule has 0 bridgehead atoms. The van der Waals surface area contributed by atoms with Crippen LogP contribution < -0.4 is 10.7 Å². The summed E-state index contributed by atoms with van der Waals surface area (Å²) < 4.78 is 4.91. The maximum absolute atomic E-state index is 11.2. The van der Waals surface area contributed by atoms with Crippen LogP contribution in [0.4, 0.5) is 9.59 Å². The Morgan fingerprint density at radius 3 is 2.06 bits per heavy atom. The number of hydrazine groups is 1. The molecule has 0 fully saturated rings. The van der Waals surface area contributed by atoms with Gasteiger partial charge >= 0.3 is 12.1 Å². The second-order valence-electron chi connectivity index (χ2n) is 4.16. The first-order valence-electron chi connectivity index (χ1n) is 4.67. The molecule has 2 N–H and O–H groups in total. The molecular formula is C9H17N3O4. The molecule has 0 unspecified atom stereocenters. The summed E-state index contributed by atoms with van der Waals surface area (Å²) in [6.45, 7) is 6.28. The maximum Gasteiger partial charge on any atom is 0.426 e. The van der Waals surface area contributed by atoms with Crippen LogP contribution in [0.25, 0.3) is 0 Å². The predicted molar refractivity (Wildman–Crippen MR) is 56.3 cm³/mol. The summed E-state index contributed by atoms with van der Waals surface area (Å²) in [4.78, 5) is 33.0. The van der Waals surface area contributed by atoms with Crippen LogP contribution in [0.2, 0.25) is 0 Å². The van der Waals surface area contributed by atoms with E-state index < -0.39 is 23.6 Å². The Morgan fingerprint density at radius 1 is 1.19 bits per heavy atom. The van der Waals surface area contributed by atoms with E-state index in [0.29, 0.717) is 0 Å². The Balaban J connectivity index is 4.14. The Labute approximate surface area is 94.1 Å². The minimum absolute atomic E-state index is 0.511. The first-order chi connectivity index (χ1) is 7.11. The first-order valence-corrected chi connectivity index (χ1v) is 4.67. The fourth-order valence-electron chi connectivity index (χ4n) is 0.723. The summed E-state index contributed by atoms with van der Waals surface area (Å²) in [5.74, 6) is -0.511. The summed E-state index contributed by atoms with van der Waals surface area (Å²) in [5, 5.41) is 2.82. The summed E-state index contributed by atoms with van der Waals surface area (Å²) in [7, 11) is 1.29. The second-order valence-corrected chi connectivity index (χ2v) is 4.16. The Kier molecular flexibility index (Phi) is 4.74. The number of urea groups is 1. The molecule has 16 heavy (non-hydrogen) atoms. The van der Waals surface area contributed by atoms with Gasteiger partial charge in [0.15, 0.2) is 0 Å². The van der Waals surface area contributed by atoms with Gasteiger partial charge in [0.1, 0.15) is 5.60 Å². The van der Waals surface area contributed by atoms with E-state index in [1.54, 1.807) is 20.8 Å². The van der Waals surface area contributed by atoms with Gasteiger partial charge in [0.05, 0.1) is 0 Å². The van der Waals surface area contributed by atoms with Crippen molar-refractivity contribution in [3.8, 4) is 0 Å². The van der Waals surface area contributed by atoms with Crippen molar-refractivity contribution in [2.75, 3.05) is 7.05 Å². The molecule has 7 heteroatoms. The fourth-order valence-corrected chi connectivity index (χ4v) is 0.723. The number of nitrogens with one attached hydrogen (secondary N) is 2. The van der Waals surface area contributed by atoms with Gasteiger partial charge in [0, 0.05) is 14.0 Å². The van der Waals surface area contributed by atoms with E-state index in [2.05, 4.69) is 5.43 Å². The molecule has 0 saturated carbocycles.